The van der Waals surface area contributed by atoms with Crippen LogP contribution in [0.1, 0.15) is 23.7 Å². The lowest BCUT2D eigenvalue weighted by molar-refractivity contribution is 0.0169. The molecule has 0 aliphatic heterocycles. The Labute approximate surface area is 98.9 Å². The minimum absolute atomic E-state index is 0.198. The third kappa shape index (κ3) is 2.64. The molecule has 0 spiro atoms. The summed E-state index contributed by atoms with van der Waals surface area (Å²) in [5.41, 5.74) is 6.42. The van der Waals surface area contributed by atoms with Gasteiger partial charge in [0.2, 0.25) is 0 Å². The first-order valence-corrected chi connectivity index (χ1v) is 5.35. The molecule has 5 heteroatoms. The highest BCUT2D eigenvalue weighted by Crippen LogP contribution is 2.26. The number of hydrogen-bond donors (Lipinski definition) is 3. The standard InChI is InChI=1S/C11H13ClN2O2/c12-5-4-10(15)11(16)7-2-1-3-9(14)8(7)6-13/h1-3,10-11,15-16H,4-5,14H2. The van der Waals surface area contributed by atoms with Crippen LogP contribution < -0.4 is 5.73 Å². The van der Waals surface area contributed by atoms with E-state index in [2.05, 4.69) is 0 Å². The SMILES string of the molecule is N#Cc1c(N)cccc1C(O)C(O)CCCl. The highest BCUT2D eigenvalue weighted by molar-refractivity contribution is 6.17. The van der Waals surface area contributed by atoms with Crippen molar-refractivity contribution in [3.05, 3.63) is 29.3 Å². The minimum Gasteiger partial charge on any atom is -0.398 e. The van der Waals surface area contributed by atoms with Crippen molar-refractivity contribution in [1.82, 2.24) is 0 Å². The van der Waals surface area contributed by atoms with Crippen LogP contribution in [0.2, 0.25) is 0 Å². The smallest absolute Gasteiger partial charge is 0.106 e. The van der Waals surface area contributed by atoms with Crippen LogP contribution in [0, 0.1) is 11.3 Å². The number of alkyl halides is 1. The quantitative estimate of drug-likeness (QED) is 0.544. The number of aliphatic hydroxyl groups excluding tert-OH is 2. The van der Waals surface area contributed by atoms with E-state index in [0.29, 0.717) is 5.56 Å². The lowest BCUT2D eigenvalue weighted by Gasteiger charge is -2.18. The summed E-state index contributed by atoms with van der Waals surface area (Å²) in [7, 11) is 0. The van der Waals surface area contributed by atoms with Gasteiger partial charge in [-0.2, -0.15) is 5.26 Å². The zero-order chi connectivity index (χ0) is 12.1. The Balaban J connectivity index is 3.04. The van der Waals surface area contributed by atoms with Crippen LogP contribution in [-0.2, 0) is 0 Å². The van der Waals surface area contributed by atoms with Gasteiger partial charge in [0.25, 0.3) is 0 Å². The maximum Gasteiger partial charge on any atom is 0.106 e. The van der Waals surface area contributed by atoms with E-state index < -0.39 is 12.2 Å². The van der Waals surface area contributed by atoms with Gasteiger partial charge in [0.15, 0.2) is 0 Å². The van der Waals surface area contributed by atoms with E-state index >= 15 is 0 Å². The second-order valence-corrected chi connectivity index (χ2v) is 3.79. The average molecular weight is 241 g/mol. The van der Waals surface area contributed by atoms with Crippen LogP contribution >= 0.6 is 11.6 Å². The molecule has 0 fully saturated rings. The van der Waals surface area contributed by atoms with Crippen molar-refractivity contribution >= 4 is 17.3 Å². The Bertz CT molecular complexity index is 403. The van der Waals surface area contributed by atoms with Crippen molar-refractivity contribution in [3.8, 4) is 6.07 Å². The van der Waals surface area contributed by atoms with E-state index in [0.717, 1.165) is 0 Å². The molecular weight excluding hydrogens is 228 g/mol. The third-order valence-electron chi connectivity index (χ3n) is 2.33. The van der Waals surface area contributed by atoms with Gasteiger partial charge in [-0.05, 0) is 12.5 Å². The molecule has 0 aliphatic rings. The molecule has 2 unspecified atom stereocenters. The topological polar surface area (TPSA) is 90.3 Å². The summed E-state index contributed by atoms with van der Waals surface area (Å²) in [5.74, 6) is 0.239. The Kier molecular flexibility index (Phi) is 4.56. The van der Waals surface area contributed by atoms with E-state index in [1.807, 2.05) is 6.07 Å². The third-order valence-corrected chi connectivity index (χ3v) is 2.55. The van der Waals surface area contributed by atoms with Crippen molar-refractivity contribution in [1.29, 1.82) is 5.26 Å². The largest absolute Gasteiger partial charge is 0.398 e. The van der Waals surface area contributed by atoms with Gasteiger partial charge in [-0.1, -0.05) is 12.1 Å². The monoisotopic (exact) mass is 240 g/mol. The number of nitrogen functional groups attached to an aromatic ring is 1. The molecule has 0 amide bonds. The second kappa shape index (κ2) is 5.71. The van der Waals surface area contributed by atoms with Crippen LogP contribution in [0.25, 0.3) is 0 Å². The van der Waals surface area contributed by atoms with E-state index in [-0.39, 0.29) is 23.6 Å². The first-order valence-electron chi connectivity index (χ1n) is 4.82. The zero-order valence-corrected chi connectivity index (χ0v) is 9.35. The second-order valence-electron chi connectivity index (χ2n) is 3.41. The van der Waals surface area contributed by atoms with Crippen LogP contribution in [0.5, 0.6) is 0 Å². The number of halogens is 1. The van der Waals surface area contributed by atoms with Crippen LogP contribution in [-0.4, -0.2) is 22.2 Å². The molecule has 0 bridgehead atoms. The first kappa shape index (κ1) is 12.8. The molecule has 1 aromatic carbocycles. The van der Waals surface area contributed by atoms with Crippen molar-refractivity contribution < 1.29 is 10.2 Å². The number of benzene rings is 1. The number of nitriles is 1. The normalized spacial score (nSPS) is 14.1. The molecular formula is C11H13ClN2O2. The Hall–Kier alpha value is -1.28. The Morgan fingerprint density at radius 3 is 2.69 bits per heavy atom. The molecule has 16 heavy (non-hydrogen) atoms. The van der Waals surface area contributed by atoms with E-state index in [9.17, 15) is 10.2 Å². The maximum atomic E-state index is 9.84. The molecule has 4 nitrogen and oxygen atoms in total. The summed E-state index contributed by atoms with van der Waals surface area (Å²) >= 11 is 5.47. The summed E-state index contributed by atoms with van der Waals surface area (Å²) < 4.78 is 0. The van der Waals surface area contributed by atoms with Crippen LogP contribution in [0.3, 0.4) is 0 Å². The van der Waals surface area contributed by atoms with Crippen molar-refractivity contribution in [3.63, 3.8) is 0 Å². The highest BCUT2D eigenvalue weighted by atomic mass is 35.5. The predicted molar refractivity (Wildman–Crippen MR) is 61.9 cm³/mol. The molecule has 4 N–H and O–H groups in total. The molecule has 0 heterocycles. The molecule has 1 rings (SSSR count). The maximum absolute atomic E-state index is 9.84. The van der Waals surface area contributed by atoms with Gasteiger partial charge in [0.1, 0.15) is 12.2 Å². The highest BCUT2D eigenvalue weighted by Gasteiger charge is 2.21. The summed E-state index contributed by atoms with van der Waals surface area (Å²) in [6.45, 7) is 0. The number of rotatable bonds is 4. The average Bonchev–Trinajstić information content (AvgIpc) is 2.28. The number of nitrogens with zero attached hydrogens (tertiary/aromatic N) is 1. The fourth-order valence-corrected chi connectivity index (χ4v) is 1.66. The van der Waals surface area contributed by atoms with Gasteiger partial charge in [-0.15, -0.1) is 11.6 Å². The van der Waals surface area contributed by atoms with Crippen molar-refractivity contribution in [2.24, 2.45) is 0 Å². The van der Waals surface area contributed by atoms with E-state index in [1.165, 1.54) is 0 Å². The van der Waals surface area contributed by atoms with Crippen molar-refractivity contribution in [2.75, 3.05) is 11.6 Å². The number of aliphatic hydroxyl groups is 2. The Morgan fingerprint density at radius 1 is 1.44 bits per heavy atom. The molecule has 86 valence electrons. The van der Waals surface area contributed by atoms with Gasteiger partial charge in [0.05, 0.1) is 11.7 Å². The fourth-order valence-electron chi connectivity index (χ4n) is 1.44. The summed E-state index contributed by atoms with van der Waals surface area (Å²) in [6, 6.07) is 6.68. The molecule has 0 saturated heterocycles. The van der Waals surface area contributed by atoms with Crippen LogP contribution in [0.4, 0.5) is 5.69 Å². The molecule has 0 radical (unpaired) electrons. The minimum atomic E-state index is -1.14. The predicted octanol–water partition coefficient (Wildman–Crippen LogP) is 1.16. The molecule has 1 aromatic rings. The first-order chi connectivity index (χ1) is 7.61. The van der Waals surface area contributed by atoms with Gasteiger partial charge < -0.3 is 15.9 Å². The van der Waals surface area contributed by atoms with Gasteiger partial charge in [0, 0.05) is 17.1 Å². The van der Waals surface area contributed by atoms with Gasteiger partial charge >= 0.3 is 0 Å². The number of anilines is 1. The van der Waals surface area contributed by atoms with E-state index in [4.69, 9.17) is 22.6 Å². The lowest BCUT2D eigenvalue weighted by atomic mass is 9.97. The summed E-state index contributed by atoms with van der Waals surface area (Å²) in [5, 5.41) is 28.3. The molecule has 0 saturated carbocycles. The molecule has 0 aliphatic carbocycles. The number of nitrogens with two attached hydrogens (primary N) is 1. The number of hydrogen-bond acceptors (Lipinski definition) is 4. The fraction of sp³-hybridized carbons (Fsp3) is 0.364. The van der Waals surface area contributed by atoms with Gasteiger partial charge in [-0.3, -0.25) is 0 Å². The summed E-state index contributed by atoms with van der Waals surface area (Å²) in [6.07, 6.45) is -1.88. The lowest BCUT2D eigenvalue weighted by Crippen LogP contribution is -2.20. The van der Waals surface area contributed by atoms with Crippen molar-refractivity contribution in [2.45, 2.75) is 18.6 Å². The zero-order valence-electron chi connectivity index (χ0n) is 8.60. The van der Waals surface area contributed by atoms with E-state index in [1.54, 1.807) is 18.2 Å². The van der Waals surface area contributed by atoms with Crippen LogP contribution in [0.15, 0.2) is 18.2 Å². The summed E-state index contributed by atoms with van der Waals surface area (Å²) in [4.78, 5) is 0. The Morgan fingerprint density at radius 2 is 2.12 bits per heavy atom. The molecule has 2 atom stereocenters. The molecule has 0 aromatic heterocycles. The van der Waals surface area contributed by atoms with Gasteiger partial charge in [-0.25, -0.2) is 0 Å².